The average Bonchev–Trinajstić information content (AvgIpc) is 2.91. The summed E-state index contributed by atoms with van der Waals surface area (Å²) in [7, 11) is -3.59. The summed E-state index contributed by atoms with van der Waals surface area (Å²) in [5, 5.41) is 4.10. The second-order valence-electron chi connectivity index (χ2n) is 5.02. The SMILES string of the molecule is Cc1c(Br)cccc1S(=O)(=O)N[C@@H]1CCCn2ncnc21. The monoisotopic (exact) mass is 370 g/mol. The number of nitrogens with one attached hydrogen (secondary N) is 1. The van der Waals surface area contributed by atoms with Gasteiger partial charge in [0.05, 0.1) is 10.9 Å². The Labute approximate surface area is 131 Å². The van der Waals surface area contributed by atoms with Crippen molar-refractivity contribution in [3.63, 3.8) is 0 Å². The Hall–Kier alpha value is -1.25. The van der Waals surface area contributed by atoms with Crippen molar-refractivity contribution in [2.24, 2.45) is 0 Å². The number of hydrogen-bond donors (Lipinski definition) is 1. The van der Waals surface area contributed by atoms with Crippen molar-refractivity contribution in [3.8, 4) is 0 Å². The van der Waals surface area contributed by atoms with Gasteiger partial charge in [0.2, 0.25) is 10.0 Å². The quantitative estimate of drug-likeness (QED) is 0.897. The van der Waals surface area contributed by atoms with Gasteiger partial charge in [0.25, 0.3) is 0 Å². The van der Waals surface area contributed by atoms with E-state index >= 15 is 0 Å². The van der Waals surface area contributed by atoms with Gasteiger partial charge in [-0.25, -0.2) is 22.8 Å². The van der Waals surface area contributed by atoms with Gasteiger partial charge in [-0.3, -0.25) is 0 Å². The first-order valence-corrected chi connectivity index (χ1v) is 8.92. The van der Waals surface area contributed by atoms with Gasteiger partial charge >= 0.3 is 0 Å². The molecule has 0 bridgehead atoms. The van der Waals surface area contributed by atoms with Crippen LogP contribution in [0.4, 0.5) is 0 Å². The molecule has 0 spiro atoms. The summed E-state index contributed by atoms with van der Waals surface area (Å²) in [6.07, 6.45) is 3.07. The van der Waals surface area contributed by atoms with E-state index in [1.807, 2.05) is 6.07 Å². The molecule has 0 saturated heterocycles. The fourth-order valence-corrected chi connectivity index (χ4v) is 4.52. The molecule has 0 amide bonds. The van der Waals surface area contributed by atoms with Gasteiger partial charge in [0, 0.05) is 11.0 Å². The van der Waals surface area contributed by atoms with Crippen molar-refractivity contribution < 1.29 is 8.42 Å². The molecular formula is C13H15BrN4O2S. The van der Waals surface area contributed by atoms with E-state index < -0.39 is 10.0 Å². The van der Waals surface area contributed by atoms with E-state index in [2.05, 4.69) is 30.7 Å². The maximum absolute atomic E-state index is 12.6. The molecular weight excluding hydrogens is 356 g/mol. The van der Waals surface area contributed by atoms with Crippen LogP contribution in [0.1, 0.15) is 30.3 Å². The minimum Gasteiger partial charge on any atom is -0.248 e. The highest BCUT2D eigenvalue weighted by molar-refractivity contribution is 9.10. The zero-order valence-corrected chi connectivity index (χ0v) is 13.9. The fourth-order valence-electron chi connectivity index (χ4n) is 2.53. The van der Waals surface area contributed by atoms with E-state index in [-0.39, 0.29) is 10.9 Å². The van der Waals surface area contributed by atoms with Crippen molar-refractivity contribution in [3.05, 3.63) is 40.4 Å². The van der Waals surface area contributed by atoms with Gasteiger partial charge in [0.15, 0.2) is 0 Å². The van der Waals surface area contributed by atoms with E-state index in [1.165, 1.54) is 6.33 Å². The van der Waals surface area contributed by atoms with Crippen LogP contribution in [-0.2, 0) is 16.6 Å². The molecule has 1 aromatic heterocycles. The number of aromatic nitrogens is 3. The Morgan fingerprint density at radius 1 is 1.43 bits per heavy atom. The minimum absolute atomic E-state index is 0.286. The number of fused-ring (bicyclic) bond motifs is 1. The minimum atomic E-state index is -3.59. The number of aryl methyl sites for hydroxylation is 1. The van der Waals surface area contributed by atoms with E-state index in [0.717, 1.165) is 23.9 Å². The molecule has 1 N–H and O–H groups in total. The van der Waals surface area contributed by atoms with E-state index in [9.17, 15) is 8.42 Å². The van der Waals surface area contributed by atoms with Crippen LogP contribution in [-0.4, -0.2) is 23.2 Å². The Morgan fingerprint density at radius 2 is 2.24 bits per heavy atom. The Morgan fingerprint density at radius 3 is 3.05 bits per heavy atom. The third-order valence-electron chi connectivity index (χ3n) is 3.62. The zero-order chi connectivity index (χ0) is 15.0. The Kier molecular flexibility index (Phi) is 3.85. The summed E-state index contributed by atoms with van der Waals surface area (Å²) >= 11 is 3.36. The van der Waals surface area contributed by atoms with Gasteiger partial charge in [-0.15, -0.1) is 0 Å². The van der Waals surface area contributed by atoms with Crippen molar-refractivity contribution in [1.82, 2.24) is 19.5 Å². The first kappa shape index (κ1) is 14.7. The van der Waals surface area contributed by atoms with Gasteiger partial charge in [-0.05, 0) is 37.5 Å². The molecule has 0 radical (unpaired) electrons. The summed E-state index contributed by atoms with van der Waals surface area (Å²) in [5.74, 6) is 0.678. The normalized spacial score (nSPS) is 18.5. The largest absolute Gasteiger partial charge is 0.248 e. The molecule has 1 aromatic carbocycles. The van der Waals surface area contributed by atoms with Crippen molar-refractivity contribution in [2.45, 2.75) is 37.2 Å². The lowest BCUT2D eigenvalue weighted by atomic mass is 10.1. The molecule has 6 nitrogen and oxygen atoms in total. The Bertz CT molecular complexity index is 772. The maximum atomic E-state index is 12.6. The summed E-state index contributed by atoms with van der Waals surface area (Å²) in [4.78, 5) is 4.46. The second-order valence-corrected chi connectivity index (χ2v) is 7.56. The zero-order valence-electron chi connectivity index (χ0n) is 11.5. The van der Waals surface area contributed by atoms with Crippen LogP contribution in [0.15, 0.2) is 33.9 Å². The van der Waals surface area contributed by atoms with Crippen LogP contribution in [0.25, 0.3) is 0 Å². The van der Waals surface area contributed by atoms with Crippen molar-refractivity contribution in [1.29, 1.82) is 0 Å². The second kappa shape index (κ2) is 5.51. The summed E-state index contributed by atoms with van der Waals surface area (Å²) in [6, 6.07) is 4.82. The molecule has 3 rings (SSSR count). The van der Waals surface area contributed by atoms with Crippen LogP contribution in [0.2, 0.25) is 0 Å². The van der Waals surface area contributed by atoms with Crippen molar-refractivity contribution >= 4 is 26.0 Å². The van der Waals surface area contributed by atoms with Crippen LogP contribution < -0.4 is 4.72 Å². The van der Waals surface area contributed by atoms with Crippen molar-refractivity contribution in [2.75, 3.05) is 0 Å². The predicted molar refractivity (Wildman–Crippen MR) is 81.2 cm³/mol. The lowest BCUT2D eigenvalue weighted by Gasteiger charge is -2.23. The number of nitrogens with zero attached hydrogens (tertiary/aromatic N) is 3. The van der Waals surface area contributed by atoms with Gasteiger partial charge in [-0.2, -0.15) is 5.10 Å². The third-order valence-corrected chi connectivity index (χ3v) is 6.10. The van der Waals surface area contributed by atoms with Crippen LogP contribution in [0.5, 0.6) is 0 Å². The molecule has 2 heterocycles. The summed E-state index contributed by atoms with van der Waals surface area (Å²) in [6.45, 7) is 2.56. The smallest absolute Gasteiger partial charge is 0.241 e. The molecule has 0 unspecified atom stereocenters. The Balaban J connectivity index is 1.93. The molecule has 2 aromatic rings. The molecule has 112 valence electrons. The summed E-state index contributed by atoms with van der Waals surface area (Å²) < 4.78 is 30.5. The fraction of sp³-hybridized carbons (Fsp3) is 0.385. The average molecular weight is 371 g/mol. The highest BCUT2D eigenvalue weighted by Gasteiger charge is 2.28. The van der Waals surface area contributed by atoms with Gasteiger partial charge in [0.1, 0.15) is 12.2 Å². The van der Waals surface area contributed by atoms with E-state index in [0.29, 0.717) is 11.4 Å². The molecule has 1 aliphatic rings. The highest BCUT2D eigenvalue weighted by Crippen LogP contribution is 2.27. The number of hydrogen-bond acceptors (Lipinski definition) is 4. The number of halogens is 1. The maximum Gasteiger partial charge on any atom is 0.241 e. The topological polar surface area (TPSA) is 76.9 Å². The third kappa shape index (κ3) is 2.75. The lowest BCUT2D eigenvalue weighted by Crippen LogP contribution is -2.33. The predicted octanol–water partition coefficient (Wildman–Crippen LogP) is 2.16. The lowest BCUT2D eigenvalue weighted by molar-refractivity contribution is 0.400. The molecule has 1 aliphatic heterocycles. The number of benzene rings is 1. The number of rotatable bonds is 3. The van der Waals surface area contributed by atoms with Crippen LogP contribution in [0.3, 0.4) is 0 Å². The first-order valence-electron chi connectivity index (χ1n) is 6.64. The molecule has 1 atom stereocenters. The molecule has 8 heteroatoms. The van der Waals surface area contributed by atoms with Gasteiger partial charge in [-0.1, -0.05) is 22.0 Å². The highest BCUT2D eigenvalue weighted by atomic mass is 79.9. The first-order chi connectivity index (χ1) is 9.99. The van der Waals surface area contributed by atoms with Crippen LogP contribution in [0, 0.1) is 6.92 Å². The molecule has 21 heavy (non-hydrogen) atoms. The molecule has 0 fully saturated rings. The standard InChI is InChI=1S/C13H15BrN4O2S/c1-9-10(14)4-2-6-12(9)21(19,20)17-11-5-3-7-18-13(11)15-8-16-18/h2,4,6,8,11,17H,3,5,7H2,1H3/t11-/m1/s1. The van der Waals surface area contributed by atoms with Gasteiger partial charge < -0.3 is 0 Å². The van der Waals surface area contributed by atoms with E-state index in [1.54, 1.807) is 23.7 Å². The molecule has 0 saturated carbocycles. The molecule has 0 aliphatic carbocycles. The summed E-state index contributed by atoms with van der Waals surface area (Å²) in [5.41, 5.74) is 0.697. The van der Waals surface area contributed by atoms with E-state index in [4.69, 9.17) is 0 Å². The number of sulfonamides is 1. The van der Waals surface area contributed by atoms with Crippen LogP contribution >= 0.6 is 15.9 Å².